The minimum absolute atomic E-state index is 0.00763. The van der Waals surface area contributed by atoms with Crippen molar-refractivity contribution in [2.24, 2.45) is 71.9 Å². The number of amides is 3. The molecule has 3 saturated carbocycles. The topological polar surface area (TPSA) is 816 Å². The number of nitrogens with zero attached hydrogens (tertiary/aromatic N) is 20. The number of carbonyl (C=O) groups is 9. The summed E-state index contributed by atoms with van der Waals surface area (Å²) in [5.74, 6) is -13.2. The van der Waals surface area contributed by atoms with E-state index >= 15 is 0 Å². The Morgan fingerprint density at radius 3 is 0.937 bits per heavy atom. The maximum absolute atomic E-state index is 13.2. The first kappa shape index (κ1) is 81.7. The molecule has 0 unspecified atom stereocenters. The summed E-state index contributed by atoms with van der Waals surface area (Å²) in [4.78, 5) is 150. The van der Waals surface area contributed by atoms with Crippen LogP contribution in [-0.2, 0) is 128 Å². The monoisotopic (exact) mass is 1670 g/mol. The summed E-state index contributed by atoms with van der Waals surface area (Å²) in [6.07, 6.45) is 3.41. The van der Waals surface area contributed by atoms with Crippen molar-refractivity contribution in [1.82, 2.24) is 72.8 Å². The molecule has 6 aliphatic rings. The zero-order valence-corrected chi connectivity index (χ0v) is 61.5. The molecule has 6 atom stereocenters. The molecule has 3 aliphatic carbocycles. The van der Waals surface area contributed by atoms with Gasteiger partial charge in [0.1, 0.15) is 28.5 Å². The lowest BCUT2D eigenvalue weighted by Crippen LogP contribution is -2.64. The number of rotatable bonds is 35. The van der Waals surface area contributed by atoms with E-state index < -0.39 is 156 Å². The number of nitrogen functional groups attached to an aromatic ring is 3. The van der Waals surface area contributed by atoms with Crippen LogP contribution in [-0.4, -0.2) is 244 Å². The second-order valence-electron chi connectivity index (χ2n) is 24.8. The van der Waals surface area contributed by atoms with Gasteiger partial charge >= 0.3 is 48.8 Å². The molecule has 0 aromatic carbocycles. The van der Waals surface area contributed by atoms with E-state index in [4.69, 9.17) is 60.4 Å². The summed E-state index contributed by atoms with van der Waals surface area (Å²) in [5, 5.41) is 67.7. The van der Waals surface area contributed by atoms with Crippen molar-refractivity contribution in [1.29, 1.82) is 0 Å². The summed E-state index contributed by atoms with van der Waals surface area (Å²) in [6, 6.07) is -3.65. The Balaban J connectivity index is 0.000000177. The van der Waals surface area contributed by atoms with E-state index in [1.165, 1.54) is 34.7 Å². The number of carboxylic acids is 3. The maximum atomic E-state index is 13.2. The number of hydrogen-bond donors (Lipinski definition) is 14. The van der Waals surface area contributed by atoms with Gasteiger partial charge in [0, 0.05) is 80.5 Å². The number of aliphatic imine (C=N–C) groups is 2. The number of nitrogens with two attached hydrogens (primary N) is 8. The molecule has 6 fully saturated rings. The summed E-state index contributed by atoms with van der Waals surface area (Å²) in [5.41, 5.74) is 38.8. The van der Waals surface area contributed by atoms with Crippen LogP contribution in [0.15, 0.2) is 60.2 Å². The highest BCUT2D eigenvalue weighted by Crippen LogP contribution is 2.43. The van der Waals surface area contributed by atoms with Gasteiger partial charge in [-0.25, -0.2) is 52.2 Å². The van der Waals surface area contributed by atoms with E-state index in [9.17, 15) is 97.4 Å². The minimum atomic E-state index is -4.97. The fourth-order valence-corrected chi connectivity index (χ4v) is 15.2. The van der Waals surface area contributed by atoms with Crippen LogP contribution < -0.4 is 45.9 Å². The highest BCUT2D eigenvalue weighted by atomic mass is 32.2. The van der Waals surface area contributed by atoms with Gasteiger partial charge < -0.3 is 75.7 Å². The van der Waals surface area contributed by atoms with Crippen LogP contribution in [0, 0.1) is 17.8 Å². The normalized spacial score (nSPS) is 20.8. The SMILES string of the molecule is NC(N)=NCc1cnn(C[C@@H]2[C@H](CC(=O)/C(=N/OC3(C(=O)O)CC3)c3csc(N)n3)C(=O)N2S(=O)(=O)O)n1.NC(N)=NCc1cnn(C[C@@H]2[C@H](CC(=O)/C(=N\OC3(C(=O)O)CC3)c3csc(N)n3)C(=O)N2S(=O)(=O)O)n1.NCc1cnn(C[C@@H]2[C@H](CC(=O)/C(=N\OC3(C(=O)O)CC3)c3csc(N)n3)C(=O)N2S(=O)(=O)O)n1. The Labute approximate surface area is 633 Å². The number of hydrogen-bond acceptors (Lipinski definition) is 39. The van der Waals surface area contributed by atoms with Gasteiger partial charge in [-0.2, -0.15) is 70.2 Å². The molecule has 596 valence electrons. The van der Waals surface area contributed by atoms with E-state index in [2.05, 4.69) is 71.0 Å². The Morgan fingerprint density at radius 2 is 0.730 bits per heavy atom. The highest BCUT2D eigenvalue weighted by Gasteiger charge is 2.60. The molecule has 58 heteroatoms. The predicted octanol–water partition coefficient (Wildman–Crippen LogP) is -6.16. The lowest BCUT2D eigenvalue weighted by molar-refractivity contribution is -0.154. The highest BCUT2D eigenvalue weighted by molar-refractivity contribution is 7.84. The van der Waals surface area contributed by atoms with Gasteiger partial charge in [0.05, 0.1) is 92.9 Å². The number of carboxylic acid groups (broad SMARTS) is 3. The number of β-lactam (4-membered cyclic amide) rings is 3. The molecule has 9 heterocycles. The van der Waals surface area contributed by atoms with Gasteiger partial charge in [-0.1, -0.05) is 15.5 Å². The summed E-state index contributed by atoms with van der Waals surface area (Å²) < 4.78 is 100. The fraction of sp³-hybridized carbons (Fsp3) is 0.453. The van der Waals surface area contributed by atoms with E-state index in [-0.39, 0.29) is 152 Å². The quantitative estimate of drug-likeness (QED) is 0.00579. The second kappa shape index (κ2) is 32.0. The van der Waals surface area contributed by atoms with Gasteiger partial charge in [-0.15, -0.1) is 34.0 Å². The standard InChI is InChI=1S/2C18H22N10O8S2.C17H20N8O8S2/c2*19-16(20)22-4-8-5-23-27(25-8)6-11-9(14(30)28(11)38(33,34)35)3-12(29)13(10-7-37-17(21)24-10)26-36-18(1-2-18)15(31)32;18-4-8-5-20-24(22-8)6-11-9(14(27)25(11)35(30,31)32)3-12(26)13(10-7-34-16(19)21-10)23-33-17(1-2-17)15(28)29/h2*5,7,9,11H,1-4,6H2,(H2,21,24)(H,31,32)(H4,19,20,22)(H,33,34,35);5,7,9,11H,1-4,6,18H2,(H2,19,21)(H,28,29)(H,30,31,32)/b26-13+;26-13-;23-13-/t3*9-,11+/m000/s1. The molecule has 0 radical (unpaired) electrons. The molecule has 52 nitrogen and oxygen atoms in total. The van der Waals surface area contributed by atoms with Gasteiger partial charge in [0.15, 0.2) is 61.8 Å². The third-order valence-corrected chi connectivity index (χ3v) is 21.9. The summed E-state index contributed by atoms with van der Waals surface area (Å²) in [6.45, 7) is -0.811. The molecule has 22 N–H and O–H groups in total. The van der Waals surface area contributed by atoms with Crippen molar-refractivity contribution < 1.29 is 112 Å². The second-order valence-corrected chi connectivity index (χ2v) is 31.3. The number of aliphatic carboxylic acids is 3. The third kappa shape index (κ3) is 18.9. The van der Waals surface area contributed by atoms with Gasteiger partial charge in [-0.3, -0.25) is 42.4 Å². The summed E-state index contributed by atoms with van der Waals surface area (Å²) >= 11 is 2.98. The molecular weight excluding hydrogens is 1610 g/mol. The lowest BCUT2D eigenvalue weighted by Gasteiger charge is -2.43. The number of carbonyl (C=O) groups excluding carboxylic acids is 6. The zero-order chi connectivity index (χ0) is 81.2. The average Bonchev–Trinajstić information content (AvgIpc) is 1.47. The maximum Gasteiger partial charge on any atom is 0.362 e. The molecule has 3 amide bonds. The van der Waals surface area contributed by atoms with Crippen molar-refractivity contribution in [2.75, 3.05) is 17.2 Å². The van der Waals surface area contributed by atoms with Crippen LogP contribution in [0.1, 0.15) is 92.0 Å². The Bertz CT molecular complexity index is 4980. The lowest BCUT2D eigenvalue weighted by atomic mass is 9.84. The number of ketones is 3. The molecule has 0 bridgehead atoms. The van der Waals surface area contributed by atoms with Crippen molar-refractivity contribution in [3.05, 3.63) is 68.9 Å². The zero-order valence-electron chi connectivity index (χ0n) is 56.6. The van der Waals surface area contributed by atoms with E-state index in [0.29, 0.717) is 17.1 Å². The molecule has 3 aliphatic heterocycles. The van der Waals surface area contributed by atoms with Crippen LogP contribution in [0.3, 0.4) is 0 Å². The van der Waals surface area contributed by atoms with Crippen LogP contribution >= 0.6 is 34.0 Å². The van der Waals surface area contributed by atoms with Crippen molar-refractivity contribution in [3.63, 3.8) is 0 Å². The molecule has 12 rings (SSSR count). The fourth-order valence-electron chi connectivity index (χ4n) is 10.8. The van der Waals surface area contributed by atoms with Crippen molar-refractivity contribution >= 4 is 162 Å². The largest absolute Gasteiger partial charge is 0.478 e. The molecule has 6 aromatic heterocycles. The van der Waals surface area contributed by atoms with Crippen molar-refractivity contribution in [3.8, 4) is 0 Å². The van der Waals surface area contributed by atoms with Crippen molar-refractivity contribution in [2.45, 2.75) is 132 Å². The molecule has 0 spiro atoms. The molecular formula is C53H64N28O24S6. The minimum Gasteiger partial charge on any atom is -0.478 e. The first-order chi connectivity index (χ1) is 52.1. The third-order valence-electron chi connectivity index (χ3n) is 17.0. The van der Waals surface area contributed by atoms with Crippen LogP contribution in [0.2, 0.25) is 0 Å². The van der Waals surface area contributed by atoms with E-state index in [0.717, 1.165) is 48.4 Å². The summed E-state index contributed by atoms with van der Waals surface area (Å²) in [7, 11) is -14.9. The van der Waals surface area contributed by atoms with Gasteiger partial charge in [-0.05, 0) is 0 Å². The number of Topliss-reactive ketones (excluding diaryl/α,β-unsaturated/α-hetero) is 3. The van der Waals surface area contributed by atoms with Gasteiger partial charge in [0.25, 0.3) is 0 Å². The van der Waals surface area contributed by atoms with Crippen LogP contribution in [0.5, 0.6) is 0 Å². The first-order valence-corrected chi connectivity index (χ1v) is 38.5. The molecule has 6 aromatic rings. The number of guanidine groups is 2. The Kier molecular flexibility index (Phi) is 23.6. The van der Waals surface area contributed by atoms with E-state index in [1.54, 1.807) is 0 Å². The predicted molar refractivity (Wildman–Crippen MR) is 374 cm³/mol. The number of oxime groups is 3. The Morgan fingerprint density at radius 1 is 0.468 bits per heavy atom. The number of anilines is 3. The first-order valence-electron chi connectivity index (χ1n) is 31.7. The average molecular weight is 1670 g/mol. The molecule has 111 heavy (non-hydrogen) atoms. The Hall–Kier alpha value is -11.8. The molecule has 3 saturated heterocycles. The van der Waals surface area contributed by atoms with E-state index in [1.807, 2.05) is 0 Å². The van der Waals surface area contributed by atoms with Crippen LogP contribution in [0.4, 0.5) is 15.4 Å². The van der Waals surface area contributed by atoms with Gasteiger partial charge in [0.2, 0.25) is 34.5 Å². The van der Waals surface area contributed by atoms with Crippen LogP contribution in [0.25, 0.3) is 0 Å². The number of thiazole rings is 3. The number of aromatic nitrogens is 12. The smallest absolute Gasteiger partial charge is 0.362 e.